The van der Waals surface area contributed by atoms with Crippen LogP contribution in [0.2, 0.25) is 0 Å². The molecule has 0 bridgehead atoms. The van der Waals surface area contributed by atoms with E-state index in [1.807, 2.05) is 11.8 Å². The molecule has 5 heteroatoms. The fourth-order valence-electron chi connectivity index (χ4n) is 2.76. The number of aromatic nitrogens is 2. The summed E-state index contributed by atoms with van der Waals surface area (Å²) in [5.74, 6) is 1.79. The van der Waals surface area contributed by atoms with Gasteiger partial charge in [-0.3, -0.25) is 4.98 Å². The highest BCUT2D eigenvalue weighted by Crippen LogP contribution is 2.34. The van der Waals surface area contributed by atoms with E-state index in [4.69, 9.17) is 0 Å². The van der Waals surface area contributed by atoms with E-state index < -0.39 is 0 Å². The van der Waals surface area contributed by atoms with Crippen LogP contribution < -0.4 is 0 Å². The Morgan fingerprint density at radius 2 is 2.10 bits per heavy atom. The average molecular weight is 282 g/mol. The second-order valence-corrected chi connectivity index (χ2v) is 6.01. The van der Waals surface area contributed by atoms with Crippen molar-refractivity contribution in [2.45, 2.75) is 19.0 Å². The van der Waals surface area contributed by atoms with Gasteiger partial charge in [-0.05, 0) is 17.5 Å². The van der Waals surface area contributed by atoms with E-state index in [0.717, 1.165) is 23.9 Å². The number of rotatable bonds is 1. The summed E-state index contributed by atoms with van der Waals surface area (Å²) in [6.07, 6.45) is 6.18. The molecule has 0 saturated carbocycles. The molecule has 1 aromatic heterocycles. The fraction of sp³-hybridized carbons (Fsp3) is 0.267. The lowest BCUT2D eigenvalue weighted by atomic mass is 9.95. The molecule has 1 saturated heterocycles. The molecule has 2 aliphatic rings. The molecule has 20 heavy (non-hydrogen) atoms. The van der Waals surface area contributed by atoms with Crippen molar-refractivity contribution >= 4 is 22.7 Å². The van der Waals surface area contributed by atoms with Gasteiger partial charge in [-0.1, -0.05) is 36.0 Å². The van der Waals surface area contributed by atoms with Crippen molar-refractivity contribution in [2.75, 3.05) is 5.75 Å². The van der Waals surface area contributed by atoms with Crippen molar-refractivity contribution in [1.82, 2.24) is 14.9 Å². The van der Waals surface area contributed by atoms with Crippen molar-refractivity contribution in [3.8, 4) is 0 Å². The lowest BCUT2D eigenvalue weighted by molar-refractivity contribution is 0.320. The van der Waals surface area contributed by atoms with Gasteiger partial charge in [0.1, 0.15) is 0 Å². The van der Waals surface area contributed by atoms with E-state index in [0.29, 0.717) is 11.9 Å². The van der Waals surface area contributed by atoms with Crippen LogP contribution >= 0.6 is 11.8 Å². The van der Waals surface area contributed by atoms with Crippen LogP contribution in [0.25, 0.3) is 0 Å². The van der Waals surface area contributed by atoms with Gasteiger partial charge in [-0.15, -0.1) is 0 Å². The molecule has 1 fully saturated rings. The smallest absolute Gasteiger partial charge is 0.173 e. The quantitative estimate of drug-likeness (QED) is 0.806. The second kappa shape index (κ2) is 4.90. The fourth-order valence-corrected chi connectivity index (χ4v) is 3.93. The van der Waals surface area contributed by atoms with Gasteiger partial charge < -0.3 is 4.90 Å². The maximum absolute atomic E-state index is 4.65. The van der Waals surface area contributed by atoms with Crippen LogP contribution in [0.1, 0.15) is 11.1 Å². The van der Waals surface area contributed by atoms with Gasteiger partial charge in [0.15, 0.2) is 11.0 Å². The zero-order valence-electron chi connectivity index (χ0n) is 10.9. The third kappa shape index (κ3) is 2.08. The molecule has 1 aromatic carbocycles. The number of hydrogen-bond acceptors (Lipinski definition) is 4. The molecular weight excluding hydrogens is 268 g/mol. The Morgan fingerprint density at radius 1 is 1.20 bits per heavy atom. The third-order valence-electron chi connectivity index (χ3n) is 3.77. The van der Waals surface area contributed by atoms with Gasteiger partial charge in [0.2, 0.25) is 0 Å². The van der Waals surface area contributed by atoms with Crippen molar-refractivity contribution in [1.29, 1.82) is 0 Å². The molecule has 0 spiro atoms. The van der Waals surface area contributed by atoms with Gasteiger partial charge in [-0.2, -0.15) is 0 Å². The van der Waals surface area contributed by atoms with Gasteiger partial charge in [0, 0.05) is 30.7 Å². The average Bonchev–Trinajstić information content (AvgIpc) is 2.88. The number of thioether (sulfide) groups is 1. The topological polar surface area (TPSA) is 41.4 Å². The van der Waals surface area contributed by atoms with E-state index >= 15 is 0 Å². The van der Waals surface area contributed by atoms with Crippen LogP contribution in [0, 0.1) is 0 Å². The molecule has 2 aliphatic heterocycles. The van der Waals surface area contributed by atoms with Crippen molar-refractivity contribution in [3.63, 3.8) is 0 Å². The Bertz CT molecular complexity index is 656. The van der Waals surface area contributed by atoms with Crippen LogP contribution in [0.3, 0.4) is 0 Å². The Morgan fingerprint density at radius 3 is 2.95 bits per heavy atom. The minimum Gasteiger partial charge on any atom is -0.343 e. The molecule has 0 unspecified atom stereocenters. The summed E-state index contributed by atoms with van der Waals surface area (Å²) in [5, 5.41) is 1.07. The van der Waals surface area contributed by atoms with Gasteiger partial charge in [-0.25, -0.2) is 9.98 Å². The van der Waals surface area contributed by atoms with Crippen molar-refractivity contribution in [3.05, 3.63) is 54.0 Å². The normalized spacial score (nSPS) is 22.7. The maximum atomic E-state index is 4.65. The number of amidine groups is 1. The summed E-state index contributed by atoms with van der Waals surface area (Å²) in [6, 6.07) is 9.27. The molecule has 2 aromatic rings. The highest BCUT2D eigenvalue weighted by molar-refractivity contribution is 8.14. The van der Waals surface area contributed by atoms with Gasteiger partial charge in [0.25, 0.3) is 0 Å². The number of aliphatic imine (C=N–C) groups is 1. The van der Waals surface area contributed by atoms with Crippen LogP contribution in [0.15, 0.2) is 47.8 Å². The van der Waals surface area contributed by atoms with E-state index in [-0.39, 0.29) is 0 Å². The SMILES string of the molecule is c1ccc2c(c1)C[C@H]1CSC(=Nc3cnccn3)N1C2. The standard InChI is InChI=1S/C15H14N4S/c1-2-4-12-9-19-13(7-11(12)3-1)10-20-15(19)18-14-8-16-5-6-17-14/h1-6,8,13H,7,9-10H2/t13-/m0/s1. The Balaban J connectivity index is 1.65. The number of benzene rings is 1. The highest BCUT2D eigenvalue weighted by Gasteiger charge is 2.34. The molecule has 0 radical (unpaired) electrons. The molecule has 100 valence electrons. The van der Waals surface area contributed by atoms with Crippen molar-refractivity contribution < 1.29 is 0 Å². The molecule has 3 heterocycles. The molecule has 4 rings (SSSR count). The van der Waals surface area contributed by atoms with Crippen LogP contribution in [0.4, 0.5) is 5.82 Å². The van der Waals surface area contributed by atoms with Gasteiger partial charge >= 0.3 is 0 Å². The predicted octanol–water partition coefficient (Wildman–Crippen LogP) is 2.64. The minimum atomic E-state index is 0.560. The zero-order chi connectivity index (χ0) is 13.4. The summed E-state index contributed by atoms with van der Waals surface area (Å²) in [6.45, 7) is 0.951. The minimum absolute atomic E-state index is 0.560. The first kappa shape index (κ1) is 11.9. The largest absolute Gasteiger partial charge is 0.343 e. The second-order valence-electron chi connectivity index (χ2n) is 5.02. The first-order valence-corrected chi connectivity index (χ1v) is 7.69. The summed E-state index contributed by atoms with van der Waals surface area (Å²) < 4.78 is 0. The molecule has 1 atom stereocenters. The number of fused-ring (bicyclic) bond motifs is 2. The Kier molecular flexibility index (Phi) is 2.92. The maximum Gasteiger partial charge on any atom is 0.173 e. The predicted molar refractivity (Wildman–Crippen MR) is 81.1 cm³/mol. The molecule has 0 N–H and O–H groups in total. The van der Waals surface area contributed by atoms with Gasteiger partial charge in [0.05, 0.1) is 6.20 Å². The molecule has 0 amide bonds. The summed E-state index contributed by atoms with van der Waals surface area (Å²) in [5.41, 5.74) is 2.90. The summed E-state index contributed by atoms with van der Waals surface area (Å²) >= 11 is 1.82. The van der Waals surface area contributed by atoms with E-state index in [1.54, 1.807) is 18.6 Å². The summed E-state index contributed by atoms with van der Waals surface area (Å²) in [7, 11) is 0. The number of nitrogens with zero attached hydrogens (tertiary/aromatic N) is 4. The van der Waals surface area contributed by atoms with E-state index in [2.05, 4.69) is 44.1 Å². The van der Waals surface area contributed by atoms with Crippen molar-refractivity contribution in [2.24, 2.45) is 4.99 Å². The van der Waals surface area contributed by atoms with E-state index in [1.165, 1.54) is 11.1 Å². The summed E-state index contributed by atoms with van der Waals surface area (Å²) in [4.78, 5) is 15.4. The molecular formula is C15H14N4S. The lowest BCUT2D eigenvalue weighted by Crippen LogP contribution is -2.38. The molecule has 4 nitrogen and oxygen atoms in total. The van der Waals surface area contributed by atoms with Crippen LogP contribution in [-0.2, 0) is 13.0 Å². The molecule has 0 aliphatic carbocycles. The third-order valence-corrected chi connectivity index (χ3v) is 4.90. The number of hydrogen-bond donors (Lipinski definition) is 0. The Labute approximate surface area is 122 Å². The monoisotopic (exact) mass is 282 g/mol. The highest BCUT2D eigenvalue weighted by atomic mass is 32.2. The first-order valence-electron chi connectivity index (χ1n) is 6.71. The van der Waals surface area contributed by atoms with Crippen LogP contribution in [0.5, 0.6) is 0 Å². The van der Waals surface area contributed by atoms with E-state index in [9.17, 15) is 0 Å². The van der Waals surface area contributed by atoms with Crippen LogP contribution in [-0.4, -0.2) is 31.8 Å². The lowest BCUT2D eigenvalue weighted by Gasteiger charge is -2.32. The Hall–Kier alpha value is -1.88. The zero-order valence-corrected chi connectivity index (χ0v) is 11.8. The first-order chi connectivity index (χ1) is 9.90.